The molecule has 1 heterocycles. The van der Waals surface area contributed by atoms with Crippen molar-refractivity contribution < 1.29 is 22.8 Å². The number of ether oxygens (including phenoxy) is 1. The van der Waals surface area contributed by atoms with Gasteiger partial charge in [0.2, 0.25) is 5.82 Å². The third-order valence-electron chi connectivity index (χ3n) is 3.97. The highest BCUT2D eigenvalue weighted by Crippen LogP contribution is 2.34. The Kier molecular flexibility index (Phi) is 4.46. The maximum absolute atomic E-state index is 13.2. The molecule has 0 fully saturated rings. The van der Waals surface area contributed by atoms with Crippen molar-refractivity contribution in [3.63, 3.8) is 0 Å². The maximum atomic E-state index is 13.2. The van der Waals surface area contributed by atoms with E-state index < -0.39 is 23.5 Å². The molecule has 0 radical (unpaired) electrons. The molecule has 140 valence electrons. The molecule has 6 nitrogen and oxygen atoms in total. The van der Waals surface area contributed by atoms with E-state index in [2.05, 4.69) is 20.0 Å². The largest absolute Gasteiger partial charge is 0.444 e. The molecule has 1 aliphatic carbocycles. The molecule has 8 heteroatoms. The van der Waals surface area contributed by atoms with Crippen LogP contribution >= 0.6 is 0 Å². The molecular weight excluding hydrogens is 344 g/mol. The Morgan fingerprint density at radius 2 is 2.04 bits per heavy atom. The topological polar surface area (TPSA) is 77.2 Å². The lowest BCUT2D eigenvalue weighted by atomic mass is 10.0. The molecule has 2 aromatic rings. The number of alkyl carbamates (subject to hydrolysis) is 1. The summed E-state index contributed by atoms with van der Waals surface area (Å²) in [6, 6.07) is 5.28. The Labute approximate surface area is 149 Å². The van der Waals surface area contributed by atoms with E-state index in [9.17, 15) is 13.6 Å². The van der Waals surface area contributed by atoms with Gasteiger partial charge in [-0.15, -0.1) is 0 Å². The van der Waals surface area contributed by atoms with Crippen LogP contribution in [0.3, 0.4) is 0 Å². The van der Waals surface area contributed by atoms with Crippen LogP contribution in [-0.4, -0.2) is 21.8 Å². The van der Waals surface area contributed by atoms with E-state index in [1.807, 2.05) is 12.1 Å². The monoisotopic (exact) mass is 365 g/mol. The quantitative estimate of drug-likeness (QED) is 0.874. The fourth-order valence-electron chi connectivity index (χ4n) is 2.88. The lowest BCUT2D eigenvalue weighted by Gasteiger charge is -2.22. The average molecular weight is 365 g/mol. The second kappa shape index (κ2) is 6.34. The van der Waals surface area contributed by atoms with Crippen LogP contribution in [0.15, 0.2) is 22.7 Å². The number of benzene rings is 1. The molecule has 0 aliphatic heterocycles. The molecule has 1 aliphatic rings. The third kappa shape index (κ3) is 4.00. The number of amides is 1. The van der Waals surface area contributed by atoms with Crippen LogP contribution in [0.4, 0.5) is 13.6 Å². The van der Waals surface area contributed by atoms with Crippen LogP contribution < -0.4 is 5.32 Å². The number of hydrogen-bond donors (Lipinski definition) is 1. The summed E-state index contributed by atoms with van der Waals surface area (Å²) >= 11 is 0. The van der Waals surface area contributed by atoms with Gasteiger partial charge in [0.1, 0.15) is 5.60 Å². The van der Waals surface area contributed by atoms with Gasteiger partial charge in [-0.1, -0.05) is 17.3 Å². The summed E-state index contributed by atoms with van der Waals surface area (Å²) in [7, 11) is 0. The summed E-state index contributed by atoms with van der Waals surface area (Å²) in [5, 5.41) is 6.49. The minimum Gasteiger partial charge on any atom is -0.444 e. The molecule has 0 bridgehead atoms. The van der Waals surface area contributed by atoms with E-state index in [0.29, 0.717) is 12.5 Å². The van der Waals surface area contributed by atoms with Crippen LogP contribution in [0.2, 0.25) is 0 Å². The van der Waals surface area contributed by atoms with Gasteiger partial charge in [-0.2, -0.15) is 13.8 Å². The van der Waals surface area contributed by atoms with Crippen molar-refractivity contribution in [2.75, 3.05) is 0 Å². The first-order chi connectivity index (χ1) is 12.0. The highest BCUT2D eigenvalue weighted by molar-refractivity contribution is 5.69. The van der Waals surface area contributed by atoms with Crippen molar-refractivity contribution in [1.82, 2.24) is 15.5 Å². The van der Waals surface area contributed by atoms with Gasteiger partial charge in [-0.3, -0.25) is 0 Å². The first-order valence-electron chi connectivity index (χ1n) is 8.38. The fraction of sp³-hybridized carbons (Fsp3) is 0.500. The Bertz CT molecular complexity index is 822. The fourth-order valence-corrected chi connectivity index (χ4v) is 2.88. The highest BCUT2D eigenvalue weighted by atomic mass is 19.3. The van der Waals surface area contributed by atoms with E-state index in [0.717, 1.165) is 24.0 Å². The maximum Gasteiger partial charge on any atom is 0.408 e. The van der Waals surface area contributed by atoms with Gasteiger partial charge in [0.15, 0.2) is 0 Å². The number of nitrogens with one attached hydrogen (secondary N) is 1. The van der Waals surface area contributed by atoms with Crippen molar-refractivity contribution in [3.05, 3.63) is 35.2 Å². The summed E-state index contributed by atoms with van der Waals surface area (Å²) in [5.41, 5.74) is 2.02. The summed E-state index contributed by atoms with van der Waals surface area (Å²) in [4.78, 5) is 15.7. The van der Waals surface area contributed by atoms with Crippen LogP contribution in [0.25, 0.3) is 11.4 Å². The number of carbonyl (C=O) groups excluding carboxylic acids is 1. The Morgan fingerprint density at radius 3 is 2.65 bits per heavy atom. The first-order valence-corrected chi connectivity index (χ1v) is 8.38. The van der Waals surface area contributed by atoms with Gasteiger partial charge < -0.3 is 14.6 Å². The Balaban J connectivity index is 1.76. The summed E-state index contributed by atoms with van der Waals surface area (Å²) in [5.74, 6) is -3.77. The van der Waals surface area contributed by atoms with Crippen LogP contribution in [0.5, 0.6) is 0 Å². The van der Waals surface area contributed by atoms with Gasteiger partial charge in [0.25, 0.3) is 5.89 Å². The predicted octanol–water partition coefficient (Wildman–Crippen LogP) is 4.36. The molecule has 1 atom stereocenters. The smallest absolute Gasteiger partial charge is 0.408 e. The van der Waals surface area contributed by atoms with E-state index in [4.69, 9.17) is 4.74 Å². The standard InChI is InChI=1S/C18H21F2N3O3/c1-17(2,3)25-16(24)21-13-8-6-10-9-11(5-7-12(10)13)14-22-15(26-23-14)18(4,19)20/h5,7,9,13H,6,8H2,1-4H3,(H,21,24)/t13-/m0/s1. The van der Waals surface area contributed by atoms with Gasteiger partial charge in [0, 0.05) is 12.5 Å². The zero-order chi connectivity index (χ0) is 19.1. The number of halogens is 2. The number of carbonyl (C=O) groups is 1. The molecule has 1 aromatic heterocycles. The van der Waals surface area contributed by atoms with Crippen LogP contribution in [0, 0.1) is 0 Å². The van der Waals surface area contributed by atoms with Gasteiger partial charge in [-0.05, 0) is 50.8 Å². The number of nitrogens with zero attached hydrogens (tertiary/aromatic N) is 2. The van der Waals surface area contributed by atoms with E-state index in [-0.39, 0.29) is 11.9 Å². The predicted molar refractivity (Wildman–Crippen MR) is 89.7 cm³/mol. The Morgan fingerprint density at radius 1 is 1.31 bits per heavy atom. The molecule has 26 heavy (non-hydrogen) atoms. The lowest BCUT2D eigenvalue weighted by Crippen LogP contribution is -2.34. The van der Waals surface area contributed by atoms with Crippen molar-refractivity contribution in [3.8, 4) is 11.4 Å². The minimum atomic E-state index is -3.18. The van der Waals surface area contributed by atoms with Crippen molar-refractivity contribution >= 4 is 6.09 Å². The Hall–Kier alpha value is -2.51. The van der Waals surface area contributed by atoms with Gasteiger partial charge in [-0.25, -0.2) is 4.79 Å². The zero-order valence-corrected chi connectivity index (χ0v) is 15.1. The zero-order valence-electron chi connectivity index (χ0n) is 15.1. The average Bonchev–Trinajstić information content (AvgIpc) is 3.11. The summed E-state index contributed by atoms with van der Waals surface area (Å²) in [6.07, 6.45) is 1.02. The van der Waals surface area contributed by atoms with Crippen LogP contribution in [-0.2, 0) is 17.1 Å². The van der Waals surface area contributed by atoms with Crippen molar-refractivity contribution in [2.45, 2.75) is 58.1 Å². The summed E-state index contributed by atoms with van der Waals surface area (Å²) in [6.45, 7) is 6.13. The number of rotatable bonds is 3. The van der Waals surface area contributed by atoms with E-state index >= 15 is 0 Å². The number of hydrogen-bond acceptors (Lipinski definition) is 5. The molecule has 1 N–H and O–H groups in total. The molecule has 0 saturated heterocycles. The van der Waals surface area contributed by atoms with E-state index in [1.165, 1.54) is 0 Å². The molecule has 0 spiro atoms. The second-order valence-electron chi connectivity index (χ2n) is 7.46. The van der Waals surface area contributed by atoms with E-state index in [1.54, 1.807) is 26.8 Å². The third-order valence-corrected chi connectivity index (χ3v) is 3.97. The normalized spacial score (nSPS) is 17.1. The number of aromatic nitrogens is 2. The van der Waals surface area contributed by atoms with Crippen molar-refractivity contribution in [1.29, 1.82) is 0 Å². The highest BCUT2D eigenvalue weighted by Gasteiger charge is 2.33. The van der Waals surface area contributed by atoms with Gasteiger partial charge >= 0.3 is 12.0 Å². The van der Waals surface area contributed by atoms with Crippen LogP contribution in [0.1, 0.15) is 57.2 Å². The molecule has 0 saturated carbocycles. The summed E-state index contributed by atoms with van der Waals surface area (Å²) < 4.78 is 36.4. The molecule has 3 rings (SSSR count). The number of alkyl halides is 2. The first kappa shape index (κ1) is 18.3. The lowest BCUT2D eigenvalue weighted by molar-refractivity contribution is -0.0158. The van der Waals surface area contributed by atoms with Crippen molar-refractivity contribution in [2.24, 2.45) is 0 Å². The minimum absolute atomic E-state index is 0.118. The molecule has 1 aromatic carbocycles. The number of aryl methyl sites for hydroxylation is 1. The molecule has 1 amide bonds. The SMILES string of the molecule is CC(C)(C)OC(=O)N[C@H]1CCc2cc(-c3noc(C(C)(F)F)n3)ccc21. The number of fused-ring (bicyclic) bond motifs is 1. The molecule has 0 unspecified atom stereocenters. The van der Waals surface area contributed by atoms with Gasteiger partial charge in [0.05, 0.1) is 6.04 Å². The molecular formula is C18H21F2N3O3. The second-order valence-corrected chi connectivity index (χ2v) is 7.46.